The van der Waals surface area contributed by atoms with Gasteiger partial charge in [-0.25, -0.2) is 0 Å². The summed E-state index contributed by atoms with van der Waals surface area (Å²) in [5.41, 5.74) is 6.37. The molecule has 5 nitrogen and oxygen atoms in total. The lowest BCUT2D eigenvalue weighted by molar-refractivity contribution is -0.0855. The number of hydrogen-bond acceptors (Lipinski definition) is 5. The summed E-state index contributed by atoms with van der Waals surface area (Å²) in [6.45, 7) is 4.12. The average Bonchev–Trinajstić information content (AvgIpc) is 2.68. The first-order valence-electron chi connectivity index (χ1n) is 5.50. The van der Waals surface area contributed by atoms with Crippen LogP contribution in [0.3, 0.4) is 0 Å². The van der Waals surface area contributed by atoms with Crippen LogP contribution in [0.4, 0.5) is 5.69 Å². The molecule has 0 spiro atoms. The SMILES string of the molecule is Cc1sc(C(=O)NCC2COCCO2)cc1N. The number of anilines is 1. The summed E-state index contributed by atoms with van der Waals surface area (Å²) in [6.07, 6.45) is -0.0499. The Labute approximate surface area is 104 Å². The third-order valence-electron chi connectivity index (χ3n) is 2.56. The lowest BCUT2D eigenvalue weighted by Gasteiger charge is -2.22. The Hall–Kier alpha value is -1.11. The zero-order valence-corrected chi connectivity index (χ0v) is 10.5. The second kappa shape index (κ2) is 5.48. The fourth-order valence-corrected chi connectivity index (χ4v) is 2.41. The van der Waals surface area contributed by atoms with E-state index < -0.39 is 0 Å². The molecule has 0 bridgehead atoms. The van der Waals surface area contributed by atoms with Crippen molar-refractivity contribution in [1.82, 2.24) is 5.32 Å². The van der Waals surface area contributed by atoms with Gasteiger partial charge in [-0.05, 0) is 13.0 Å². The quantitative estimate of drug-likeness (QED) is 0.838. The van der Waals surface area contributed by atoms with Gasteiger partial charge in [0.25, 0.3) is 5.91 Å². The van der Waals surface area contributed by atoms with Crippen molar-refractivity contribution in [3.05, 3.63) is 15.8 Å². The molecule has 1 aliphatic rings. The van der Waals surface area contributed by atoms with E-state index in [1.54, 1.807) is 6.07 Å². The van der Waals surface area contributed by atoms with Crippen molar-refractivity contribution in [3.63, 3.8) is 0 Å². The Morgan fingerprint density at radius 1 is 1.65 bits per heavy atom. The van der Waals surface area contributed by atoms with E-state index in [0.717, 1.165) is 4.88 Å². The standard InChI is InChI=1S/C11H16N2O3S/c1-7-9(12)4-10(17-7)11(14)13-5-8-6-15-2-3-16-8/h4,8H,2-3,5-6,12H2,1H3,(H,13,14). The molecule has 1 fully saturated rings. The van der Waals surface area contributed by atoms with E-state index >= 15 is 0 Å². The number of carbonyl (C=O) groups is 1. The smallest absolute Gasteiger partial charge is 0.261 e. The molecule has 6 heteroatoms. The van der Waals surface area contributed by atoms with Gasteiger partial charge in [0, 0.05) is 17.1 Å². The van der Waals surface area contributed by atoms with E-state index in [0.29, 0.717) is 36.9 Å². The Morgan fingerprint density at radius 2 is 2.47 bits per heavy atom. The minimum atomic E-state index is -0.107. The van der Waals surface area contributed by atoms with Gasteiger partial charge >= 0.3 is 0 Å². The molecule has 94 valence electrons. The highest BCUT2D eigenvalue weighted by Crippen LogP contribution is 2.23. The third kappa shape index (κ3) is 3.18. The Bertz CT molecular complexity index is 380. The van der Waals surface area contributed by atoms with E-state index in [9.17, 15) is 4.79 Å². The fraction of sp³-hybridized carbons (Fsp3) is 0.545. The predicted octanol–water partition coefficient (Wildman–Crippen LogP) is 0.784. The monoisotopic (exact) mass is 256 g/mol. The molecule has 2 heterocycles. The highest BCUT2D eigenvalue weighted by molar-refractivity contribution is 7.14. The summed E-state index contributed by atoms with van der Waals surface area (Å²) < 4.78 is 10.7. The summed E-state index contributed by atoms with van der Waals surface area (Å²) in [7, 11) is 0. The maximum Gasteiger partial charge on any atom is 0.261 e. The molecule has 1 aromatic heterocycles. The first-order chi connectivity index (χ1) is 8.16. The zero-order chi connectivity index (χ0) is 12.3. The van der Waals surface area contributed by atoms with Crippen molar-refractivity contribution < 1.29 is 14.3 Å². The number of nitrogen functional groups attached to an aromatic ring is 1. The molecular formula is C11H16N2O3S. The Morgan fingerprint density at radius 3 is 3.06 bits per heavy atom. The fourth-order valence-electron chi connectivity index (χ4n) is 1.56. The van der Waals surface area contributed by atoms with Crippen molar-refractivity contribution in [2.45, 2.75) is 13.0 Å². The topological polar surface area (TPSA) is 73.6 Å². The van der Waals surface area contributed by atoms with Crippen molar-refractivity contribution in [3.8, 4) is 0 Å². The molecule has 17 heavy (non-hydrogen) atoms. The number of rotatable bonds is 3. The molecular weight excluding hydrogens is 240 g/mol. The zero-order valence-electron chi connectivity index (χ0n) is 9.69. The van der Waals surface area contributed by atoms with Gasteiger partial charge in [-0.15, -0.1) is 11.3 Å². The number of ether oxygens (including phenoxy) is 2. The lowest BCUT2D eigenvalue weighted by Crippen LogP contribution is -2.39. The van der Waals surface area contributed by atoms with Gasteiger partial charge in [0.15, 0.2) is 0 Å². The third-order valence-corrected chi connectivity index (χ3v) is 3.62. The number of thiophene rings is 1. The van der Waals surface area contributed by atoms with Crippen LogP contribution in [0.5, 0.6) is 0 Å². The van der Waals surface area contributed by atoms with Crippen molar-refractivity contribution in [1.29, 1.82) is 0 Å². The van der Waals surface area contributed by atoms with Crippen LogP contribution >= 0.6 is 11.3 Å². The van der Waals surface area contributed by atoms with Gasteiger partial charge in [0.05, 0.1) is 30.8 Å². The molecule has 3 N–H and O–H groups in total. The molecule has 1 atom stereocenters. The van der Waals surface area contributed by atoms with Crippen LogP contribution in [0.1, 0.15) is 14.5 Å². The summed E-state index contributed by atoms with van der Waals surface area (Å²) in [6, 6.07) is 1.70. The molecule has 0 radical (unpaired) electrons. The minimum Gasteiger partial charge on any atom is -0.398 e. The van der Waals surface area contributed by atoms with E-state index in [4.69, 9.17) is 15.2 Å². The van der Waals surface area contributed by atoms with Crippen molar-refractivity contribution >= 4 is 22.9 Å². The molecule has 0 aliphatic carbocycles. The number of nitrogens with two attached hydrogens (primary N) is 1. The average molecular weight is 256 g/mol. The van der Waals surface area contributed by atoms with Crippen molar-refractivity contribution in [2.24, 2.45) is 0 Å². The van der Waals surface area contributed by atoms with Gasteiger partial charge in [0.2, 0.25) is 0 Å². The maximum absolute atomic E-state index is 11.8. The van der Waals surface area contributed by atoms with Crippen LogP contribution in [-0.2, 0) is 9.47 Å². The number of hydrogen-bond donors (Lipinski definition) is 2. The molecule has 0 saturated carbocycles. The Balaban J connectivity index is 1.84. The summed E-state index contributed by atoms with van der Waals surface area (Å²) in [4.78, 5) is 13.4. The molecule has 1 aromatic rings. The number of aryl methyl sites for hydroxylation is 1. The second-order valence-corrected chi connectivity index (χ2v) is 5.16. The van der Waals surface area contributed by atoms with E-state index in [-0.39, 0.29) is 12.0 Å². The first kappa shape index (κ1) is 12.3. The predicted molar refractivity (Wildman–Crippen MR) is 66.4 cm³/mol. The van der Waals surface area contributed by atoms with Gasteiger partial charge in [0.1, 0.15) is 0 Å². The van der Waals surface area contributed by atoms with Crippen LogP contribution in [-0.4, -0.2) is 38.4 Å². The maximum atomic E-state index is 11.8. The minimum absolute atomic E-state index is 0.0499. The molecule has 1 amide bonds. The van der Waals surface area contributed by atoms with Crippen molar-refractivity contribution in [2.75, 3.05) is 32.1 Å². The number of nitrogens with one attached hydrogen (secondary N) is 1. The van der Waals surface area contributed by atoms with E-state index in [1.807, 2.05) is 6.92 Å². The normalized spacial score (nSPS) is 20.2. The van der Waals surface area contributed by atoms with Gasteiger partial charge in [-0.2, -0.15) is 0 Å². The van der Waals surface area contributed by atoms with Crippen LogP contribution in [0.15, 0.2) is 6.07 Å². The van der Waals surface area contributed by atoms with Crippen LogP contribution < -0.4 is 11.1 Å². The van der Waals surface area contributed by atoms with Crippen LogP contribution in [0.25, 0.3) is 0 Å². The van der Waals surface area contributed by atoms with Gasteiger partial charge in [-0.3, -0.25) is 4.79 Å². The summed E-state index contributed by atoms with van der Waals surface area (Å²) >= 11 is 1.40. The van der Waals surface area contributed by atoms with Gasteiger partial charge in [-0.1, -0.05) is 0 Å². The number of amides is 1. The molecule has 1 unspecified atom stereocenters. The molecule has 0 aromatic carbocycles. The van der Waals surface area contributed by atoms with Crippen LogP contribution in [0.2, 0.25) is 0 Å². The Kier molecular flexibility index (Phi) is 3.98. The van der Waals surface area contributed by atoms with Crippen LogP contribution in [0, 0.1) is 6.92 Å². The van der Waals surface area contributed by atoms with E-state index in [1.165, 1.54) is 11.3 Å². The second-order valence-electron chi connectivity index (χ2n) is 3.90. The highest BCUT2D eigenvalue weighted by atomic mass is 32.1. The summed E-state index contributed by atoms with van der Waals surface area (Å²) in [5, 5.41) is 2.82. The molecule has 1 saturated heterocycles. The first-order valence-corrected chi connectivity index (χ1v) is 6.32. The van der Waals surface area contributed by atoms with Gasteiger partial charge < -0.3 is 20.5 Å². The highest BCUT2D eigenvalue weighted by Gasteiger charge is 2.16. The largest absolute Gasteiger partial charge is 0.398 e. The molecule has 1 aliphatic heterocycles. The van der Waals surface area contributed by atoms with E-state index in [2.05, 4.69) is 5.32 Å². The summed E-state index contributed by atoms with van der Waals surface area (Å²) in [5.74, 6) is -0.107. The number of carbonyl (C=O) groups excluding carboxylic acids is 1. The lowest BCUT2D eigenvalue weighted by atomic mass is 10.3. The molecule has 2 rings (SSSR count).